The minimum atomic E-state index is 0.142. The SMILES string of the molecule is CC(C)C(=O)N1CCN(CCCP)CC1. The molecule has 0 bridgehead atoms. The van der Waals surface area contributed by atoms with Crippen LogP contribution in [0.1, 0.15) is 20.3 Å². The molecular formula is C11H23N2OP. The Balaban J connectivity index is 2.26. The summed E-state index contributed by atoms with van der Waals surface area (Å²) >= 11 is 0. The molecule has 4 heteroatoms. The standard InChI is InChI=1S/C11H23N2OP/c1-10(2)11(14)13-7-5-12(6-8-13)4-3-9-15/h10H,3-9,15H2,1-2H3. The smallest absolute Gasteiger partial charge is 0.225 e. The second-order valence-corrected chi connectivity index (χ2v) is 5.04. The lowest BCUT2D eigenvalue weighted by Gasteiger charge is -2.35. The molecule has 0 aromatic carbocycles. The van der Waals surface area contributed by atoms with Crippen LogP contribution in [0.15, 0.2) is 0 Å². The first-order chi connectivity index (χ1) is 7.15. The molecule has 0 spiro atoms. The van der Waals surface area contributed by atoms with Gasteiger partial charge in [-0.3, -0.25) is 9.69 Å². The van der Waals surface area contributed by atoms with Crippen LogP contribution in [0.3, 0.4) is 0 Å². The van der Waals surface area contributed by atoms with Gasteiger partial charge in [0.25, 0.3) is 0 Å². The quantitative estimate of drug-likeness (QED) is 0.674. The summed E-state index contributed by atoms with van der Waals surface area (Å²) in [6.45, 7) is 9.03. The monoisotopic (exact) mass is 230 g/mol. The molecule has 1 rings (SSSR count). The molecule has 88 valence electrons. The number of nitrogens with zero attached hydrogens (tertiary/aromatic N) is 2. The van der Waals surface area contributed by atoms with Crippen LogP contribution < -0.4 is 0 Å². The Kier molecular flexibility index (Phi) is 5.55. The van der Waals surface area contributed by atoms with Gasteiger partial charge in [-0.2, -0.15) is 0 Å². The molecule has 1 aliphatic heterocycles. The third-order valence-electron chi connectivity index (χ3n) is 2.86. The van der Waals surface area contributed by atoms with Gasteiger partial charge in [-0.05, 0) is 19.1 Å². The second-order valence-electron chi connectivity index (χ2n) is 4.46. The molecule has 1 amide bonds. The van der Waals surface area contributed by atoms with Crippen LogP contribution in [0, 0.1) is 5.92 Å². The van der Waals surface area contributed by atoms with Crippen molar-refractivity contribution in [2.75, 3.05) is 38.9 Å². The Morgan fingerprint density at radius 1 is 1.27 bits per heavy atom. The molecule has 0 aromatic heterocycles. The first-order valence-electron chi connectivity index (χ1n) is 5.86. The van der Waals surface area contributed by atoms with E-state index >= 15 is 0 Å². The Labute approximate surface area is 95.4 Å². The molecule has 3 nitrogen and oxygen atoms in total. The molecule has 0 aliphatic carbocycles. The van der Waals surface area contributed by atoms with Crippen molar-refractivity contribution in [1.82, 2.24) is 9.80 Å². The van der Waals surface area contributed by atoms with E-state index in [1.165, 1.54) is 19.1 Å². The molecule has 1 fully saturated rings. The number of piperazine rings is 1. The van der Waals surface area contributed by atoms with E-state index in [2.05, 4.69) is 14.1 Å². The summed E-state index contributed by atoms with van der Waals surface area (Å²) in [6, 6.07) is 0. The molecule has 1 heterocycles. The minimum Gasteiger partial charge on any atom is -0.340 e. The molecule has 1 atom stereocenters. The van der Waals surface area contributed by atoms with Crippen molar-refractivity contribution in [2.45, 2.75) is 20.3 Å². The van der Waals surface area contributed by atoms with Crippen LogP contribution in [-0.4, -0.2) is 54.6 Å². The van der Waals surface area contributed by atoms with Crippen LogP contribution in [0.4, 0.5) is 0 Å². The molecule has 0 N–H and O–H groups in total. The van der Waals surface area contributed by atoms with Crippen LogP contribution in [0.2, 0.25) is 0 Å². The number of rotatable bonds is 4. The van der Waals surface area contributed by atoms with Gasteiger partial charge >= 0.3 is 0 Å². The minimum absolute atomic E-state index is 0.142. The molecule has 1 aliphatic rings. The van der Waals surface area contributed by atoms with Crippen molar-refractivity contribution >= 4 is 15.1 Å². The summed E-state index contributed by atoms with van der Waals surface area (Å²) in [5.41, 5.74) is 0. The highest BCUT2D eigenvalue weighted by Crippen LogP contribution is 2.07. The molecule has 15 heavy (non-hydrogen) atoms. The van der Waals surface area contributed by atoms with Gasteiger partial charge in [-0.15, -0.1) is 9.24 Å². The van der Waals surface area contributed by atoms with Gasteiger partial charge in [0.05, 0.1) is 0 Å². The van der Waals surface area contributed by atoms with Gasteiger partial charge < -0.3 is 4.90 Å². The summed E-state index contributed by atoms with van der Waals surface area (Å²) in [5, 5.41) is 0. The summed E-state index contributed by atoms with van der Waals surface area (Å²) in [7, 11) is 2.76. The number of carbonyl (C=O) groups excluding carboxylic acids is 1. The van der Waals surface area contributed by atoms with Crippen molar-refractivity contribution in [3.05, 3.63) is 0 Å². The maximum atomic E-state index is 11.7. The highest BCUT2D eigenvalue weighted by atomic mass is 31.0. The maximum Gasteiger partial charge on any atom is 0.225 e. The van der Waals surface area contributed by atoms with Crippen LogP contribution in [-0.2, 0) is 4.79 Å². The lowest BCUT2D eigenvalue weighted by atomic mass is 10.1. The summed E-state index contributed by atoms with van der Waals surface area (Å²) < 4.78 is 0. The normalized spacial score (nSPS) is 18.5. The van der Waals surface area contributed by atoms with E-state index in [1.807, 2.05) is 18.7 Å². The predicted molar refractivity (Wildman–Crippen MR) is 67.1 cm³/mol. The van der Waals surface area contributed by atoms with E-state index < -0.39 is 0 Å². The molecule has 0 radical (unpaired) electrons. The highest BCUT2D eigenvalue weighted by Gasteiger charge is 2.22. The van der Waals surface area contributed by atoms with E-state index in [0.29, 0.717) is 5.91 Å². The molecular weight excluding hydrogens is 207 g/mol. The van der Waals surface area contributed by atoms with E-state index in [-0.39, 0.29) is 5.92 Å². The highest BCUT2D eigenvalue weighted by molar-refractivity contribution is 7.16. The third-order valence-corrected chi connectivity index (χ3v) is 3.26. The largest absolute Gasteiger partial charge is 0.340 e. The fraction of sp³-hybridized carbons (Fsp3) is 0.909. The van der Waals surface area contributed by atoms with E-state index in [0.717, 1.165) is 26.2 Å². The lowest BCUT2D eigenvalue weighted by molar-refractivity contribution is -0.136. The van der Waals surface area contributed by atoms with Gasteiger partial charge in [-0.25, -0.2) is 0 Å². The van der Waals surface area contributed by atoms with Gasteiger partial charge in [-0.1, -0.05) is 13.8 Å². The zero-order chi connectivity index (χ0) is 11.3. The second kappa shape index (κ2) is 6.44. The van der Waals surface area contributed by atoms with E-state index in [1.54, 1.807) is 0 Å². The summed E-state index contributed by atoms with van der Waals surface area (Å²) in [6.07, 6.45) is 2.41. The number of amides is 1. The fourth-order valence-corrected chi connectivity index (χ4v) is 2.05. The molecule has 0 saturated carbocycles. The molecule has 1 unspecified atom stereocenters. The van der Waals surface area contributed by atoms with Crippen molar-refractivity contribution < 1.29 is 4.79 Å². The van der Waals surface area contributed by atoms with Gasteiger partial charge in [0.15, 0.2) is 0 Å². The first kappa shape index (κ1) is 12.9. The van der Waals surface area contributed by atoms with E-state index in [4.69, 9.17) is 0 Å². The van der Waals surface area contributed by atoms with Crippen LogP contribution >= 0.6 is 9.24 Å². The van der Waals surface area contributed by atoms with E-state index in [9.17, 15) is 4.79 Å². The van der Waals surface area contributed by atoms with Crippen LogP contribution in [0.25, 0.3) is 0 Å². The van der Waals surface area contributed by atoms with Crippen LogP contribution in [0.5, 0.6) is 0 Å². The topological polar surface area (TPSA) is 23.6 Å². The number of hydrogen-bond donors (Lipinski definition) is 0. The molecule has 1 saturated heterocycles. The Morgan fingerprint density at radius 3 is 2.33 bits per heavy atom. The first-order valence-corrected chi connectivity index (χ1v) is 6.68. The predicted octanol–water partition coefficient (Wildman–Crippen LogP) is 1.05. The van der Waals surface area contributed by atoms with Crippen molar-refractivity contribution in [2.24, 2.45) is 5.92 Å². The fourth-order valence-electron chi connectivity index (χ4n) is 1.87. The van der Waals surface area contributed by atoms with Crippen molar-refractivity contribution in [3.8, 4) is 0 Å². The number of carbonyl (C=O) groups is 1. The Morgan fingerprint density at radius 2 is 1.87 bits per heavy atom. The lowest BCUT2D eigenvalue weighted by Crippen LogP contribution is -2.49. The number of hydrogen-bond acceptors (Lipinski definition) is 2. The van der Waals surface area contributed by atoms with Gasteiger partial charge in [0, 0.05) is 32.1 Å². The summed E-state index contributed by atoms with van der Waals surface area (Å²) in [4.78, 5) is 16.2. The average Bonchev–Trinajstić information content (AvgIpc) is 2.26. The van der Waals surface area contributed by atoms with Gasteiger partial charge in [0.1, 0.15) is 0 Å². The van der Waals surface area contributed by atoms with Crippen molar-refractivity contribution in [3.63, 3.8) is 0 Å². The molecule has 0 aromatic rings. The Bertz CT molecular complexity index is 201. The maximum absolute atomic E-state index is 11.7. The zero-order valence-electron chi connectivity index (χ0n) is 9.91. The van der Waals surface area contributed by atoms with Gasteiger partial charge in [0.2, 0.25) is 5.91 Å². The average molecular weight is 230 g/mol. The third kappa shape index (κ3) is 4.08. The Hall–Kier alpha value is -0.140. The summed E-state index contributed by atoms with van der Waals surface area (Å²) in [5.74, 6) is 0.448. The zero-order valence-corrected chi connectivity index (χ0v) is 11.1. The van der Waals surface area contributed by atoms with Crippen molar-refractivity contribution in [1.29, 1.82) is 0 Å².